The Labute approximate surface area is 252 Å². The number of rotatable bonds is 16. The first kappa shape index (κ1) is 31.2. The molecule has 4 aromatic rings. The molecule has 1 unspecified atom stereocenters. The van der Waals surface area contributed by atoms with E-state index in [-0.39, 0.29) is 24.5 Å². The van der Waals surface area contributed by atoms with Gasteiger partial charge in [0.15, 0.2) is 6.61 Å². The van der Waals surface area contributed by atoms with E-state index in [1.807, 2.05) is 73.7 Å². The van der Waals surface area contributed by atoms with E-state index in [2.05, 4.69) is 22.3 Å². The molecular formula is C35H38N2O6. The molecule has 0 fully saturated rings. The van der Waals surface area contributed by atoms with Gasteiger partial charge in [-0.1, -0.05) is 84.4 Å². The predicted octanol–water partition coefficient (Wildman–Crippen LogP) is 7.49. The van der Waals surface area contributed by atoms with Crippen molar-refractivity contribution in [3.8, 4) is 17.1 Å². The number of esters is 2. The minimum atomic E-state index is -0.321. The molecule has 1 aromatic heterocycles. The molecule has 0 N–H and O–H groups in total. The number of hydrogen-bond donors (Lipinski definition) is 0. The highest BCUT2D eigenvalue weighted by Crippen LogP contribution is 2.25. The fourth-order valence-corrected chi connectivity index (χ4v) is 4.62. The third-order valence-corrected chi connectivity index (χ3v) is 6.79. The number of ether oxygens (including phenoxy) is 3. The molecular weight excluding hydrogens is 544 g/mol. The molecule has 8 heteroatoms. The standard InChI is InChI=1S/C35H38N2O6/c1-3-40-33(38)17-11-8-12-26(24-27-19-22-30(23-20-27)35(39)41-4-2)18-21-28-13-9-10-16-31(28)42-25-32-36-34(37-43-32)29-14-6-5-7-15-29/h5-7,9-10,13-16,18-23,26H,3-4,8,11-12,17,24-25H2,1-2H3. The second-order valence-electron chi connectivity index (χ2n) is 10.00. The molecule has 1 heterocycles. The lowest BCUT2D eigenvalue weighted by molar-refractivity contribution is -0.143. The minimum Gasteiger partial charge on any atom is -0.483 e. The van der Waals surface area contributed by atoms with Crippen LogP contribution in [0.3, 0.4) is 0 Å². The Balaban J connectivity index is 1.42. The Kier molecular flexibility index (Phi) is 12.1. The summed E-state index contributed by atoms with van der Waals surface area (Å²) in [5.41, 5.74) is 3.46. The number of aromatic nitrogens is 2. The first-order valence-corrected chi connectivity index (χ1v) is 14.8. The number of carbonyl (C=O) groups excluding carboxylic acids is 2. The maximum atomic E-state index is 12.1. The second-order valence-corrected chi connectivity index (χ2v) is 10.00. The molecule has 224 valence electrons. The number of hydrogen-bond acceptors (Lipinski definition) is 8. The van der Waals surface area contributed by atoms with Gasteiger partial charge >= 0.3 is 11.9 Å². The molecule has 4 rings (SSSR count). The van der Waals surface area contributed by atoms with Crippen LogP contribution in [-0.4, -0.2) is 35.3 Å². The molecule has 43 heavy (non-hydrogen) atoms. The maximum Gasteiger partial charge on any atom is 0.338 e. The number of para-hydroxylation sites is 1. The SMILES string of the molecule is CCOC(=O)CCCCC(C=Cc1ccccc1OCc1nc(-c2ccccc2)no1)Cc1ccc(C(=O)OCC)cc1. The summed E-state index contributed by atoms with van der Waals surface area (Å²) in [6.45, 7) is 4.50. The number of nitrogens with zero attached hydrogens (tertiary/aromatic N) is 2. The molecule has 0 spiro atoms. The zero-order chi connectivity index (χ0) is 30.3. The Hall–Kier alpha value is -4.72. The number of allylic oxidation sites excluding steroid dienone is 1. The Morgan fingerprint density at radius 1 is 0.884 bits per heavy atom. The quantitative estimate of drug-likeness (QED) is 0.0989. The maximum absolute atomic E-state index is 12.1. The first-order chi connectivity index (χ1) is 21.1. The first-order valence-electron chi connectivity index (χ1n) is 14.8. The smallest absolute Gasteiger partial charge is 0.338 e. The van der Waals surface area contributed by atoms with E-state index in [4.69, 9.17) is 18.7 Å². The second kappa shape index (κ2) is 16.7. The van der Waals surface area contributed by atoms with Crippen LogP contribution in [0, 0.1) is 5.92 Å². The van der Waals surface area contributed by atoms with Crippen molar-refractivity contribution in [2.75, 3.05) is 13.2 Å². The molecule has 0 amide bonds. The van der Waals surface area contributed by atoms with Gasteiger partial charge in [0.25, 0.3) is 5.89 Å². The Bertz CT molecular complexity index is 1460. The van der Waals surface area contributed by atoms with Crippen molar-refractivity contribution in [2.45, 2.75) is 52.6 Å². The summed E-state index contributed by atoms with van der Waals surface area (Å²) in [6, 6.07) is 25.0. The highest BCUT2D eigenvalue weighted by molar-refractivity contribution is 5.89. The zero-order valence-electron chi connectivity index (χ0n) is 24.7. The largest absolute Gasteiger partial charge is 0.483 e. The fourth-order valence-electron chi connectivity index (χ4n) is 4.62. The lowest BCUT2D eigenvalue weighted by Crippen LogP contribution is -2.06. The van der Waals surface area contributed by atoms with Gasteiger partial charge in [-0.3, -0.25) is 4.79 Å². The number of carbonyl (C=O) groups is 2. The van der Waals surface area contributed by atoms with E-state index in [0.29, 0.717) is 42.7 Å². The highest BCUT2D eigenvalue weighted by Gasteiger charge is 2.13. The van der Waals surface area contributed by atoms with Crippen LogP contribution in [0.5, 0.6) is 5.75 Å². The van der Waals surface area contributed by atoms with Crippen molar-refractivity contribution in [3.63, 3.8) is 0 Å². The molecule has 0 aliphatic heterocycles. The van der Waals surface area contributed by atoms with Crippen LogP contribution in [0.4, 0.5) is 0 Å². The number of unbranched alkanes of at least 4 members (excludes halogenated alkanes) is 1. The van der Waals surface area contributed by atoms with Crippen LogP contribution in [0.15, 0.2) is 89.5 Å². The van der Waals surface area contributed by atoms with Gasteiger partial charge in [0.2, 0.25) is 5.82 Å². The minimum absolute atomic E-state index is 0.148. The molecule has 8 nitrogen and oxygen atoms in total. The summed E-state index contributed by atoms with van der Waals surface area (Å²) < 4.78 is 21.7. The summed E-state index contributed by atoms with van der Waals surface area (Å²) in [6.07, 6.45) is 7.99. The number of benzene rings is 3. The Morgan fingerprint density at radius 2 is 1.63 bits per heavy atom. The van der Waals surface area contributed by atoms with Gasteiger partial charge in [0.1, 0.15) is 5.75 Å². The van der Waals surface area contributed by atoms with Crippen molar-refractivity contribution >= 4 is 18.0 Å². The molecule has 1 atom stereocenters. The predicted molar refractivity (Wildman–Crippen MR) is 164 cm³/mol. The van der Waals surface area contributed by atoms with Crippen molar-refractivity contribution in [1.29, 1.82) is 0 Å². The van der Waals surface area contributed by atoms with Gasteiger partial charge in [0.05, 0.1) is 18.8 Å². The third-order valence-electron chi connectivity index (χ3n) is 6.79. The van der Waals surface area contributed by atoms with Gasteiger partial charge in [-0.2, -0.15) is 4.98 Å². The summed E-state index contributed by atoms with van der Waals surface area (Å²) in [7, 11) is 0. The van der Waals surface area contributed by atoms with Gasteiger partial charge in [-0.25, -0.2) is 4.79 Å². The van der Waals surface area contributed by atoms with E-state index in [1.54, 1.807) is 19.1 Å². The van der Waals surface area contributed by atoms with Crippen molar-refractivity contribution in [2.24, 2.45) is 5.92 Å². The van der Waals surface area contributed by atoms with Gasteiger partial charge < -0.3 is 18.7 Å². The lowest BCUT2D eigenvalue weighted by Gasteiger charge is -2.14. The van der Waals surface area contributed by atoms with E-state index in [0.717, 1.165) is 42.4 Å². The highest BCUT2D eigenvalue weighted by atomic mass is 16.5. The molecule has 0 bridgehead atoms. The van der Waals surface area contributed by atoms with Crippen LogP contribution in [0.2, 0.25) is 0 Å². The van der Waals surface area contributed by atoms with Crippen molar-refractivity contribution in [1.82, 2.24) is 10.1 Å². The van der Waals surface area contributed by atoms with E-state index in [1.165, 1.54) is 0 Å². The van der Waals surface area contributed by atoms with Crippen LogP contribution in [-0.2, 0) is 27.3 Å². The van der Waals surface area contributed by atoms with Crippen molar-refractivity contribution in [3.05, 3.63) is 108 Å². The zero-order valence-corrected chi connectivity index (χ0v) is 24.7. The van der Waals surface area contributed by atoms with Crippen LogP contribution in [0.25, 0.3) is 17.5 Å². The van der Waals surface area contributed by atoms with E-state index >= 15 is 0 Å². The topological polar surface area (TPSA) is 101 Å². The molecule has 3 aromatic carbocycles. The molecule has 0 aliphatic carbocycles. The van der Waals surface area contributed by atoms with E-state index < -0.39 is 0 Å². The van der Waals surface area contributed by atoms with Gasteiger partial charge in [0, 0.05) is 17.5 Å². The van der Waals surface area contributed by atoms with Crippen LogP contribution < -0.4 is 4.74 Å². The molecule has 0 saturated carbocycles. The lowest BCUT2D eigenvalue weighted by atomic mass is 9.92. The monoisotopic (exact) mass is 582 g/mol. The average molecular weight is 583 g/mol. The molecule has 0 saturated heterocycles. The van der Waals surface area contributed by atoms with Gasteiger partial charge in [-0.15, -0.1) is 0 Å². The van der Waals surface area contributed by atoms with Gasteiger partial charge in [-0.05, 0) is 62.8 Å². The summed E-state index contributed by atoms with van der Waals surface area (Å²) in [5.74, 6) is 1.34. The summed E-state index contributed by atoms with van der Waals surface area (Å²) >= 11 is 0. The Morgan fingerprint density at radius 3 is 2.40 bits per heavy atom. The van der Waals surface area contributed by atoms with Crippen molar-refractivity contribution < 1.29 is 28.3 Å². The van der Waals surface area contributed by atoms with Crippen LogP contribution in [0.1, 0.15) is 66.9 Å². The molecule has 0 aliphatic rings. The summed E-state index contributed by atoms with van der Waals surface area (Å²) in [4.78, 5) is 28.3. The molecule has 0 radical (unpaired) electrons. The van der Waals surface area contributed by atoms with E-state index in [9.17, 15) is 9.59 Å². The normalized spacial score (nSPS) is 11.8. The fraction of sp³-hybridized carbons (Fsp3) is 0.314. The average Bonchev–Trinajstić information content (AvgIpc) is 3.51. The third kappa shape index (κ3) is 9.95. The summed E-state index contributed by atoms with van der Waals surface area (Å²) in [5, 5.41) is 4.07. The van der Waals surface area contributed by atoms with Crippen LogP contribution >= 0.6 is 0 Å².